The van der Waals surface area contributed by atoms with Crippen LogP contribution in [0, 0.1) is 42.6 Å². The molecule has 0 aliphatic carbocycles. The summed E-state index contributed by atoms with van der Waals surface area (Å²) in [5.41, 5.74) is 2.03. The zero-order chi connectivity index (χ0) is 26.6. The SMILES string of the molecule is COc1ccc(-n2c(C)cc(/C=C(\C#N)C(=O)OC(C)C(=O)Nc3ccc(F)c(F)c3F)c2C)cc1. The van der Waals surface area contributed by atoms with E-state index in [2.05, 4.69) is 0 Å². The molecule has 1 atom stereocenters. The van der Waals surface area contributed by atoms with E-state index in [0.717, 1.165) is 23.1 Å². The number of methoxy groups -OCH3 is 1. The van der Waals surface area contributed by atoms with Crippen molar-refractivity contribution in [3.63, 3.8) is 0 Å². The van der Waals surface area contributed by atoms with Crippen LogP contribution in [0.25, 0.3) is 11.8 Å². The zero-order valence-electron chi connectivity index (χ0n) is 19.9. The summed E-state index contributed by atoms with van der Waals surface area (Å²) in [6.07, 6.45) is -0.127. The molecule has 10 heteroatoms. The van der Waals surface area contributed by atoms with Crippen molar-refractivity contribution in [1.29, 1.82) is 5.26 Å². The van der Waals surface area contributed by atoms with Gasteiger partial charge in [-0.25, -0.2) is 18.0 Å². The van der Waals surface area contributed by atoms with Crippen LogP contribution in [-0.2, 0) is 14.3 Å². The fraction of sp³-hybridized carbons (Fsp3) is 0.192. The number of ether oxygens (including phenoxy) is 2. The lowest BCUT2D eigenvalue weighted by molar-refractivity contribution is -0.148. The van der Waals surface area contributed by atoms with Gasteiger partial charge >= 0.3 is 5.97 Å². The molecule has 0 spiro atoms. The van der Waals surface area contributed by atoms with Crippen molar-refractivity contribution < 1.29 is 32.2 Å². The second kappa shape index (κ2) is 10.8. The van der Waals surface area contributed by atoms with E-state index >= 15 is 0 Å². The largest absolute Gasteiger partial charge is 0.497 e. The Kier molecular flexibility index (Phi) is 7.84. The third-order valence-corrected chi connectivity index (χ3v) is 5.39. The third-order valence-electron chi connectivity index (χ3n) is 5.39. The van der Waals surface area contributed by atoms with Crippen molar-refractivity contribution in [3.8, 4) is 17.5 Å². The highest BCUT2D eigenvalue weighted by Crippen LogP contribution is 2.25. The summed E-state index contributed by atoms with van der Waals surface area (Å²) in [6.45, 7) is 4.87. The van der Waals surface area contributed by atoms with Crippen molar-refractivity contribution in [3.05, 3.63) is 82.4 Å². The number of halogens is 3. The number of hydrogen-bond donors (Lipinski definition) is 1. The Labute approximate surface area is 205 Å². The molecular formula is C26H22F3N3O4. The highest BCUT2D eigenvalue weighted by Gasteiger charge is 2.23. The number of nitrogens with zero attached hydrogens (tertiary/aromatic N) is 2. The number of anilines is 1. The number of carbonyl (C=O) groups excluding carboxylic acids is 2. The van der Waals surface area contributed by atoms with Gasteiger partial charge in [-0.2, -0.15) is 5.26 Å². The van der Waals surface area contributed by atoms with Gasteiger partial charge in [-0.05, 0) is 74.9 Å². The molecule has 3 rings (SSSR count). The number of hydrogen-bond acceptors (Lipinski definition) is 5. The lowest BCUT2D eigenvalue weighted by Crippen LogP contribution is -2.30. The molecule has 0 saturated heterocycles. The summed E-state index contributed by atoms with van der Waals surface area (Å²) in [5, 5.41) is 11.5. The second-order valence-electron chi connectivity index (χ2n) is 7.79. The zero-order valence-corrected chi connectivity index (χ0v) is 19.9. The summed E-state index contributed by atoms with van der Waals surface area (Å²) in [5.74, 6) is -6.14. The van der Waals surface area contributed by atoms with Crippen molar-refractivity contribution in [2.45, 2.75) is 26.9 Å². The van der Waals surface area contributed by atoms with E-state index in [4.69, 9.17) is 9.47 Å². The molecule has 186 valence electrons. The molecule has 0 fully saturated rings. The smallest absolute Gasteiger partial charge is 0.349 e. The highest BCUT2D eigenvalue weighted by atomic mass is 19.2. The van der Waals surface area contributed by atoms with Crippen LogP contribution >= 0.6 is 0 Å². The number of nitriles is 1. The molecular weight excluding hydrogens is 475 g/mol. The molecule has 1 heterocycles. The Morgan fingerprint density at radius 2 is 1.75 bits per heavy atom. The summed E-state index contributed by atoms with van der Waals surface area (Å²) >= 11 is 0. The fourth-order valence-electron chi connectivity index (χ4n) is 3.49. The minimum atomic E-state index is -1.75. The van der Waals surface area contributed by atoms with Gasteiger partial charge in [0, 0.05) is 17.1 Å². The monoisotopic (exact) mass is 497 g/mol. The standard InChI is InChI=1S/C26H22F3N3O4/c1-14-11-17(15(2)32(14)19-5-7-20(35-4)8-6-19)12-18(13-30)26(34)36-16(3)25(33)31-22-10-9-21(27)23(28)24(22)29/h5-12,16H,1-4H3,(H,31,33)/b18-12+. The summed E-state index contributed by atoms with van der Waals surface area (Å²) in [7, 11) is 1.57. The average molecular weight is 497 g/mol. The van der Waals surface area contributed by atoms with Gasteiger partial charge in [0.05, 0.1) is 12.8 Å². The first-order valence-electron chi connectivity index (χ1n) is 10.7. The first-order valence-corrected chi connectivity index (χ1v) is 10.7. The maximum atomic E-state index is 13.8. The predicted molar refractivity (Wildman–Crippen MR) is 126 cm³/mol. The number of aryl methyl sites for hydroxylation is 1. The van der Waals surface area contributed by atoms with Gasteiger partial charge in [-0.1, -0.05) is 0 Å². The van der Waals surface area contributed by atoms with Gasteiger partial charge in [-0.3, -0.25) is 4.79 Å². The summed E-state index contributed by atoms with van der Waals surface area (Å²) in [6, 6.07) is 12.4. The maximum absolute atomic E-state index is 13.8. The van der Waals surface area contributed by atoms with Crippen molar-refractivity contribution in [1.82, 2.24) is 4.57 Å². The Bertz CT molecular complexity index is 1390. The molecule has 0 saturated carbocycles. The minimum Gasteiger partial charge on any atom is -0.497 e. The van der Waals surface area contributed by atoms with E-state index < -0.39 is 41.1 Å². The Balaban J connectivity index is 1.77. The molecule has 3 aromatic rings. The summed E-state index contributed by atoms with van der Waals surface area (Å²) in [4.78, 5) is 24.8. The maximum Gasteiger partial charge on any atom is 0.349 e. The Morgan fingerprint density at radius 1 is 1.08 bits per heavy atom. The molecule has 0 aliphatic rings. The lowest BCUT2D eigenvalue weighted by Gasteiger charge is -2.14. The highest BCUT2D eigenvalue weighted by molar-refractivity contribution is 6.01. The molecule has 1 amide bonds. The normalized spacial score (nSPS) is 12.0. The fourth-order valence-corrected chi connectivity index (χ4v) is 3.49. The van der Waals surface area contributed by atoms with E-state index in [-0.39, 0.29) is 5.57 Å². The number of esters is 1. The predicted octanol–water partition coefficient (Wildman–Crippen LogP) is 5.00. The van der Waals surface area contributed by atoms with Crippen LogP contribution in [0.3, 0.4) is 0 Å². The molecule has 0 aliphatic heterocycles. The lowest BCUT2D eigenvalue weighted by atomic mass is 10.1. The van der Waals surface area contributed by atoms with E-state index in [1.54, 1.807) is 31.4 Å². The number of nitrogens with one attached hydrogen (secondary N) is 1. The van der Waals surface area contributed by atoms with Crippen LogP contribution in [0.15, 0.2) is 48.0 Å². The molecule has 1 unspecified atom stereocenters. The van der Waals surface area contributed by atoms with Gasteiger partial charge in [-0.15, -0.1) is 0 Å². The van der Waals surface area contributed by atoms with Crippen molar-refractivity contribution >= 4 is 23.6 Å². The minimum absolute atomic E-state index is 0.372. The molecule has 0 radical (unpaired) electrons. The quantitative estimate of drug-likeness (QED) is 0.215. The van der Waals surface area contributed by atoms with Gasteiger partial charge in [0.1, 0.15) is 17.4 Å². The number of carbonyl (C=O) groups is 2. The van der Waals surface area contributed by atoms with E-state index in [1.807, 2.05) is 35.9 Å². The molecule has 7 nitrogen and oxygen atoms in total. The third kappa shape index (κ3) is 5.41. The van der Waals surface area contributed by atoms with E-state index in [1.165, 1.54) is 13.0 Å². The van der Waals surface area contributed by atoms with Gasteiger partial charge in [0.2, 0.25) is 0 Å². The number of benzene rings is 2. The number of amides is 1. The molecule has 2 aromatic carbocycles. The Hall–Kier alpha value is -4.52. The van der Waals surface area contributed by atoms with Crippen LogP contribution in [0.1, 0.15) is 23.9 Å². The van der Waals surface area contributed by atoms with Gasteiger partial charge in [0.25, 0.3) is 5.91 Å². The average Bonchev–Trinajstić information content (AvgIpc) is 3.14. The van der Waals surface area contributed by atoms with E-state index in [9.17, 15) is 28.0 Å². The molecule has 1 N–H and O–H groups in total. The first kappa shape index (κ1) is 26.1. The summed E-state index contributed by atoms with van der Waals surface area (Å²) < 4.78 is 52.4. The first-order chi connectivity index (χ1) is 17.1. The van der Waals surface area contributed by atoms with Gasteiger partial charge in [0.15, 0.2) is 23.6 Å². The van der Waals surface area contributed by atoms with E-state index in [0.29, 0.717) is 17.4 Å². The van der Waals surface area contributed by atoms with Crippen molar-refractivity contribution in [2.75, 3.05) is 12.4 Å². The molecule has 1 aromatic heterocycles. The topological polar surface area (TPSA) is 93.3 Å². The van der Waals surface area contributed by atoms with Crippen LogP contribution in [0.5, 0.6) is 5.75 Å². The Morgan fingerprint density at radius 3 is 2.36 bits per heavy atom. The number of rotatable bonds is 7. The molecule has 36 heavy (non-hydrogen) atoms. The van der Waals surface area contributed by atoms with Crippen LogP contribution in [0.2, 0.25) is 0 Å². The molecule has 0 bridgehead atoms. The van der Waals surface area contributed by atoms with Gasteiger partial charge < -0.3 is 19.4 Å². The second-order valence-corrected chi connectivity index (χ2v) is 7.79. The van der Waals surface area contributed by atoms with Crippen LogP contribution < -0.4 is 10.1 Å². The van der Waals surface area contributed by atoms with Crippen molar-refractivity contribution in [2.24, 2.45) is 0 Å². The van der Waals surface area contributed by atoms with Crippen LogP contribution in [-0.4, -0.2) is 29.7 Å². The van der Waals surface area contributed by atoms with Crippen LogP contribution in [0.4, 0.5) is 18.9 Å². The number of aromatic nitrogens is 1.